The average Bonchev–Trinajstić information content (AvgIpc) is 3.53. The quantitative estimate of drug-likeness (QED) is 0.246. The molecule has 206 valence electrons. The number of thiazole rings is 1. The normalized spacial score (nSPS) is 13.7. The first-order valence-electron chi connectivity index (χ1n) is 11.8. The zero-order valence-corrected chi connectivity index (χ0v) is 25.3. The van der Waals surface area contributed by atoms with E-state index in [4.69, 9.17) is 4.98 Å². The molecule has 4 heterocycles. The highest BCUT2D eigenvalue weighted by Crippen LogP contribution is 2.35. The Hall–Kier alpha value is -2.05. The Balaban J connectivity index is 0.00000169. The van der Waals surface area contributed by atoms with E-state index in [1.54, 1.807) is 17.5 Å². The number of hydrogen-bond donors (Lipinski definition) is 2. The van der Waals surface area contributed by atoms with Crippen molar-refractivity contribution in [1.82, 2.24) is 24.8 Å². The van der Waals surface area contributed by atoms with E-state index in [2.05, 4.69) is 43.5 Å². The molecule has 5 rings (SSSR count). The third-order valence-electron chi connectivity index (χ3n) is 6.17. The van der Waals surface area contributed by atoms with Crippen LogP contribution < -0.4 is 10.6 Å². The molecule has 0 radical (unpaired) electrons. The van der Waals surface area contributed by atoms with Crippen LogP contribution in [0.5, 0.6) is 0 Å². The molecule has 1 amide bonds. The Morgan fingerprint density at radius 2 is 1.87 bits per heavy atom. The lowest BCUT2D eigenvalue weighted by atomic mass is 10.1. The monoisotopic (exact) mass is 615 g/mol. The molecule has 13 heteroatoms. The number of piperazine rings is 1. The maximum absolute atomic E-state index is 12.6. The molecule has 0 aliphatic carbocycles. The van der Waals surface area contributed by atoms with Crippen LogP contribution in [0.2, 0.25) is 0 Å². The number of carbonyl (C=O) groups excluding carboxylic acids is 1. The number of carbonyl (C=O) groups is 1. The van der Waals surface area contributed by atoms with Crippen molar-refractivity contribution in [2.24, 2.45) is 0 Å². The van der Waals surface area contributed by atoms with Crippen molar-refractivity contribution in [3.8, 4) is 10.6 Å². The summed E-state index contributed by atoms with van der Waals surface area (Å²) < 4.78 is 1.05. The van der Waals surface area contributed by atoms with Crippen LogP contribution >= 0.6 is 59.9 Å². The lowest BCUT2D eigenvalue weighted by Crippen LogP contribution is -2.44. The van der Waals surface area contributed by atoms with Crippen molar-refractivity contribution in [2.75, 3.05) is 56.9 Å². The highest BCUT2D eigenvalue weighted by Gasteiger charge is 2.15. The molecule has 1 aromatic carbocycles. The number of aryl methyl sites for hydroxylation is 1. The second kappa shape index (κ2) is 14.9. The maximum Gasteiger partial charge on any atom is 0.257 e. The standard InChI is InChI=1S/C25H29N7OS2.3ClH/c1-17-16-28-24(26-6-3-8-32-11-9-31(2)10-12-32)29-22(17)21-14-18-4-5-19(15-20(18)35-21)23(33)30-25-27-7-13-34-25;;;/h4-5,7,13-16H,3,6,8-12H2,1-2H3,(H,26,28,29)(H,27,30,33);3*1H. The molecule has 0 spiro atoms. The molecule has 4 aromatic rings. The lowest BCUT2D eigenvalue weighted by Gasteiger charge is -2.32. The van der Waals surface area contributed by atoms with E-state index in [0.29, 0.717) is 16.6 Å². The summed E-state index contributed by atoms with van der Waals surface area (Å²) in [5, 5.41) is 9.77. The number of thiophene rings is 1. The molecule has 0 saturated carbocycles. The van der Waals surface area contributed by atoms with Crippen molar-refractivity contribution in [3.05, 3.63) is 53.2 Å². The molecule has 1 aliphatic heterocycles. The number of amides is 1. The van der Waals surface area contributed by atoms with Gasteiger partial charge in [-0.15, -0.1) is 59.9 Å². The smallest absolute Gasteiger partial charge is 0.257 e. The van der Waals surface area contributed by atoms with Crippen molar-refractivity contribution in [2.45, 2.75) is 13.3 Å². The number of nitrogens with one attached hydrogen (secondary N) is 2. The summed E-state index contributed by atoms with van der Waals surface area (Å²) in [7, 11) is 2.18. The van der Waals surface area contributed by atoms with E-state index in [0.717, 1.165) is 71.9 Å². The molecule has 1 saturated heterocycles. The van der Waals surface area contributed by atoms with E-state index in [1.165, 1.54) is 11.3 Å². The van der Waals surface area contributed by atoms with Crippen LogP contribution in [-0.2, 0) is 0 Å². The number of halogens is 3. The van der Waals surface area contributed by atoms with Gasteiger partial charge >= 0.3 is 0 Å². The topological polar surface area (TPSA) is 86.3 Å². The second-order valence-corrected chi connectivity index (χ2v) is 10.8. The minimum absolute atomic E-state index is 0. The van der Waals surface area contributed by atoms with Gasteiger partial charge in [0.05, 0.1) is 10.6 Å². The van der Waals surface area contributed by atoms with Gasteiger partial charge in [-0.3, -0.25) is 10.1 Å². The molecular weight excluding hydrogens is 585 g/mol. The van der Waals surface area contributed by atoms with Gasteiger partial charge in [0, 0.05) is 60.8 Å². The van der Waals surface area contributed by atoms with Gasteiger partial charge < -0.3 is 15.1 Å². The van der Waals surface area contributed by atoms with Crippen LogP contribution in [0.3, 0.4) is 0 Å². The van der Waals surface area contributed by atoms with Gasteiger partial charge in [-0.25, -0.2) is 15.0 Å². The summed E-state index contributed by atoms with van der Waals surface area (Å²) in [6, 6.07) is 7.90. The predicted molar refractivity (Wildman–Crippen MR) is 166 cm³/mol. The van der Waals surface area contributed by atoms with E-state index in [-0.39, 0.29) is 43.1 Å². The molecule has 0 bridgehead atoms. The SMILES string of the molecule is Cc1cnc(NCCCN2CCN(C)CC2)nc1-c1cc2ccc(C(=O)Nc3nccs3)cc2s1.Cl.Cl.Cl. The number of benzene rings is 1. The lowest BCUT2D eigenvalue weighted by molar-refractivity contribution is 0.102. The largest absolute Gasteiger partial charge is 0.354 e. The number of anilines is 2. The highest BCUT2D eigenvalue weighted by atomic mass is 35.5. The molecule has 8 nitrogen and oxygen atoms in total. The highest BCUT2D eigenvalue weighted by molar-refractivity contribution is 7.22. The summed E-state index contributed by atoms with van der Waals surface area (Å²) in [5.41, 5.74) is 2.57. The number of likely N-dealkylation sites (N-methyl/N-ethyl adjacent to an activating group) is 1. The van der Waals surface area contributed by atoms with Gasteiger partial charge in [0.15, 0.2) is 5.13 Å². The summed E-state index contributed by atoms with van der Waals surface area (Å²) in [6.07, 6.45) is 4.61. The first-order valence-corrected chi connectivity index (χ1v) is 13.5. The molecular formula is C25H32Cl3N7OS2. The van der Waals surface area contributed by atoms with E-state index < -0.39 is 0 Å². The molecule has 1 aliphatic rings. The van der Waals surface area contributed by atoms with Crippen molar-refractivity contribution in [3.63, 3.8) is 0 Å². The van der Waals surface area contributed by atoms with Crippen molar-refractivity contribution < 1.29 is 4.79 Å². The third-order valence-corrected chi connectivity index (χ3v) is 7.96. The Kier molecular flexibility index (Phi) is 12.6. The van der Waals surface area contributed by atoms with Crippen LogP contribution in [0.4, 0.5) is 11.1 Å². The number of fused-ring (bicyclic) bond motifs is 1. The predicted octanol–water partition coefficient (Wildman–Crippen LogP) is 5.69. The Morgan fingerprint density at radius 1 is 1.08 bits per heavy atom. The minimum Gasteiger partial charge on any atom is -0.354 e. The van der Waals surface area contributed by atoms with Crippen LogP contribution in [0, 0.1) is 6.92 Å². The summed E-state index contributed by atoms with van der Waals surface area (Å²) >= 11 is 3.04. The first-order chi connectivity index (χ1) is 17.0. The Bertz CT molecular complexity index is 1310. The van der Waals surface area contributed by atoms with Gasteiger partial charge in [0.1, 0.15) is 0 Å². The molecule has 2 N–H and O–H groups in total. The minimum atomic E-state index is -0.155. The molecule has 0 unspecified atom stereocenters. The van der Waals surface area contributed by atoms with Gasteiger partial charge in [0.25, 0.3) is 5.91 Å². The summed E-state index contributed by atoms with van der Waals surface area (Å²) in [4.78, 5) is 32.0. The Labute approximate surface area is 249 Å². The van der Waals surface area contributed by atoms with E-state index >= 15 is 0 Å². The van der Waals surface area contributed by atoms with Gasteiger partial charge in [-0.2, -0.15) is 0 Å². The van der Waals surface area contributed by atoms with Gasteiger partial charge in [0.2, 0.25) is 5.95 Å². The van der Waals surface area contributed by atoms with Gasteiger partial charge in [-0.1, -0.05) is 6.07 Å². The average molecular weight is 617 g/mol. The number of nitrogens with zero attached hydrogens (tertiary/aromatic N) is 5. The van der Waals surface area contributed by atoms with Crippen molar-refractivity contribution in [1.29, 1.82) is 0 Å². The van der Waals surface area contributed by atoms with Crippen LogP contribution in [0.25, 0.3) is 20.7 Å². The van der Waals surface area contributed by atoms with E-state index in [9.17, 15) is 4.79 Å². The zero-order valence-electron chi connectivity index (χ0n) is 21.2. The van der Waals surface area contributed by atoms with E-state index in [1.807, 2.05) is 36.7 Å². The first kappa shape index (κ1) is 32.2. The fraction of sp³-hybridized carbons (Fsp3) is 0.360. The Morgan fingerprint density at radius 3 is 2.61 bits per heavy atom. The summed E-state index contributed by atoms with van der Waals surface area (Å²) in [6.45, 7) is 8.54. The second-order valence-electron chi connectivity index (χ2n) is 8.81. The van der Waals surface area contributed by atoms with Crippen LogP contribution in [-0.4, -0.2) is 77.0 Å². The molecule has 0 atom stereocenters. The van der Waals surface area contributed by atoms with Gasteiger partial charge in [-0.05, 0) is 56.1 Å². The molecule has 38 heavy (non-hydrogen) atoms. The summed E-state index contributed by atoms with van der Waals surface area (Å²) in [5.74, 6) is 0.503. The van der Waals surface area contributed by atoms with Crippen LogP contribution in [0.1, 0.15) is 22.3 Å². The maximum atomic E-state index is 12.6. The number of rotatable bonds is 8. The fourth-order valence-corrected chi connectivity index (χ4v) is 5.78. The number of aromatic nitrogens is 3. The zero-order chi connectivity index (χ0) is 24.2. The third kappa shape index (κ3) is 7.98. The van der Waals surface area contributed by atoms with Crippen molar-refractivity contribution >= 4 is 87.0 Å². The number of hydrogen-bond acceptors (Lipinski definition) is 9. The molecule has 1 fully saturated rings. The fourth-order valence-electron chi connectivity index (χ4n) is 4.09. The molecule has 3 aromatic heterocycles. The van der Waals surface area contributed by atoms with Crippen LogP contribution in [0.15, 0.2) is 42.0 Å².